The van der Waals surface area contributed by atoms with Gasteiger partial charge in [-0.3, -0.25) is 4.79 Å². The molecule has 1 saturated heterocycles. The fourth-order valence-corrected chi connectivity index (χ4v) is 2.60. The summed E-state index contributed by atoms with van der Waals surface area (Å²) in [6, 6.07) is 7.60. The maximum Gasteiger partial charge on any atom is 0.253 e. The van der Waals surface area contributed by atoms with Crippen molar-refractivity contribution in [3.05, 3.63) is 29.8 Å². The van der Waals surface area contributed by atoms with Gasteiger partial charge in [0.1, 0.15) is 0 Å². The summed E-state index contributed by atoms with van der Waals surface area (Å²) < 4.78 is 0. The average Bonchev–Trinajstić information content (AvgIpc) is 2.92. The van der Waals surface area contributed by atoms with Crippen LogP contribution in [0.15, 0.2) is 24.3 Å². The lowest BCUT2D eigenvalue weighted by Gasteiger charge is -2.14. The van der Waals surface area contributed by atoms with E-state index in [0.29, 0.717) is 5.92 Å². The minimum Gasteiger partial charge on any atom is -0.387 e. The summed E-state index contributed by atoms with van der Waals surface area (Å²) in [5.41, 5.74) is 1.59. The van der Waals surface area contributed by atoms with E-state index < -0.39 is 0 Å². The van der Waals surface area contributed by atoms with Crippen molar-refractivity contribution in [2.24, 2.45) is 5.92 Å². The molecule has 19 heavy (non-hydrogen) atoms. The van der Waals surface area contributed by atoms with E-state index >= 15 is 0 Å². The second-order valence-corrected chi connectivity index (χ2v) is 5.05. The second-order valence-electron chi connectivity index (χ2n) is 5.05. The van der Waals surface area contributed by atoms with E-state index in [9.17, 15) is 4.79 Å². The van der Waals surface area contributed by atoms with E-state index in [1.54, 1.807) is 0 Å². The van der Waals surface area contributed by atoms with Crippen LogP contribution in [0, 0.1) is 5.92 Å². The maximum atomic E-state index is 12.2. The molecule has 0 saturated carbocycles. The fourth-order valence-electron chi connectivity index (χ4n) is 2.60. The molecular formula is C15H23N3O. The van der Waals surface area contributed by atoms with E-state index in [-0.39, 0.29) is 5.91 Å². The van der Waals surface area contributed by atoms with Crippen molar-refractivity contribution in [1.29, 1.82) is 0 Å². The molecule has 1 aromatic rings. The predicted molar refractivity (Wildman–Crippen MR) is 78.5 cm³/mol. The third kappa shape index (κ3) is 3.47. The Hall–Kier alpha value is -1.55. The molecule has 2 N–H and O–H groups in total. The van der Waals surface area contributed by atoms with E-state index in [1.807, 2.05) is 31.3 Å². The molecule has 1 aliphatic rings. The van der Waals surface area contributed by atoms with Crippen molar-refractivity contribution < 1.29 is 4.79 Å². The Kier molecular flexibility index (Phi) is 4.80. The minimum atomic E-state index is 0.0138. The molecular weight excluding hydrogens is 238 g/mol. The molecule has 0 spiro atoms. The molecule has 1 aliphatic heterocycles. The van der Waals surface area contributed by atoms with E-state index in [2.05, 4.69) is 22.5 Å². The summed E-state index contributed by atoms with van der Waals surface area (Å²) >= 11 is 0. The number of nitrogens with zero attached hydrogens (tertiary/aromatic N) is 1. The van der Waals surface area contributed by atoms with E-state index in [4.69, 9.17) is 0 Å². The van der Waals surface area contributed by atoms with Gasteiger partial charge in [0.2, 0.25) is 0 Å². The molecule has 0 aliphatic carbocycles. The van der Waals surface area contributed by atoms with Gasteiger partial charge in [-0.05, 0) is 37.6 Å². The van der Waals surface area contributed by atoms with Gasteiger partial charge in [0.15, 0.2) is 0 Å². The van der Waals surface area contributed by atoms with Crippen LogP contribution in [0.1, 0.15) is 23.7 Å². The first-order valence-electron chi connectivity index (χ1n) is 7.02. The van der Waals surface area contributed by atoms with Gasteiger partial charge >= 0.3 is 0 Å². The molecule has 0 aromatic heterocycles. The Morgan fingerprint density at radius 2 is 2.21 bits per heavy atom. The first-order valence-corrected chi connectivity index (χ1v) is 7.02. The van der Waals surface area contributed by atoms with Gasteiger partial charge in [0, 0.05) is 25.8 Å². The van der Waals surface area contributed by atoms with Gasteiger partial charge in [-0.15, -0.1) is 0 Å². The number of anilines is 1. The zero-order valence-electron chi connectivity index (χ0n) is 11.8. The predicted octanol–water partition coefficient (Wildman–Crippen LogP) is 1.80. The molecule has 0 bridgehead atoms. The van der Waals surface area contributed by atoms with Gasteiger partial charge < -0.3 is 15.5 Å². The van der Waals surface area contributed by atoms with Gasteiger partial charge in [-0.2, -0.15) is 0 Å². The average molecular weight is 261 g/mol. The van der Waals surface area contributed by atoms with Crippen molar-refractivity contribution in [2.45, 2.75) is 13.3 Å². The molecule has 1 heterocycles. The molecule has 0 radical (unpaired) electrons. The molecule has 1 atom stereocenters. The summed E-state index contributed by atoms with van der Waals surface area (Å²) in [5, 5.41) is 6.11. The Bertz CT molecular complexity index is 433. The minimum absolute atomic E-state index is 0.0138. The smallest absolute Gasteiger partial charge is 0.253 e. The summed E-state index contributed by atoms with van der Waals surface area (Å²) in [7, 11) is 1.84. The number of hydrogen-bond donors (Lipinski definition) is 2. The zero-order valence-corrected chi connectivity index (χ0v) is 11.8. The highest BCUT2D eigenvalue weighted by molar-refractivity contribution is 5.99. The van der Waals surface area contributed by atoms with Crippen LogP contribution in [-0.4, -0.2) is 44.0 Å². The highest BCUT2D eigenvalue weighted by Gasteiger charge is 2.21. The van der Waals surface area contributed by atoms with Crippen LogP contribution in [0.5, 0.6) is 0 Å². The number of rotatable bonds is 5. The molecule has 2 rings (SSSR count). The molecule has 1 unspecified atom stereocenters. The number of likely N-dealkylation sites (tertiary alicyclic amines) is 1. The molecule has 1 fully saturated rings. The highest BCUT2D eigenvalue weighted by Crippen LogP contribution is 2.16. The van der Waals surface area contributed by atoms with E-state index in [1.165, 1.54) is 6.42 Å². The molecule has 104 valence electrons. The number of carbonyl (C=O) groups excluding carboxylic acids is 1. The van der Waals surface area contributed by atoms with Crippen LogP contribution in [-0.2, 0) is 0 Å². The van der Waals surface area contributed by atoms with Crippen LogP contribution in [0.3, 0.4) is 0 Å². The largest absolute Gasteiger partial charge is 0.387 e. The van der Waals surface area contributed by atoms with Crippen molar-refractivity contribution in [3.63, 3.8) is 0 Å². The van der Waals surface area contributed by atoms with Crippen LogP contribution in [0.25, 0.3) is 0 Å². The molecule has 4 nitrogen and oxygen atoms in total. The summed E-state index contributed by atoms with van der Waals surface area (Å²) in [6.07, 6.45) is 1.18. The zero-order chi connectivity index (χ0) is 13.7. The normalized spacial score (nSPS) is 19.4. The SMILES string of the molecule is CCN1CCC(CNC(=O)c2ccccc2NC)C1. The monoisotopic (exact) mass is 261 g/mol. The lowest BCUT2D eigenvalue weighted by atomic mass is 10.1. The Morgan fingerprint density at radius 3 is 2.89 bits per heavy atom. The van der Waals surface area contributed by atoms with Crippen LogP contribution in [0.4, 0.5) is 5.69 Å². The first kappa shape index (κ1) is 13.9. The Balaban J connectivity index is 1.88. The Labute approximate surface area is 115 Å². The van der Waals surface area contributed by atoms with Crippen molar-refractivity contribution in [3.8, 4) is 0 Å². The fraction of sp³-hybridized carbons (Fsp3) is 0.533. The number of carbonyl (C=O) groups is 1. The standard InChI is InChI=1S/C15H23N3O/c1-3-18-9-8-12(11-18)10-17-15(19)13-6-4-5-7-14(13)16-2/h4-7,12,16H,3,8-11H2,1-2H3,(H,17,19). The Morgan fingerprint density at radius 1 is 1.42 bits per heavy atom. The summed E-state index contributed by atoms with van der Waals surface area (Å²) in [5.74, 6) is 0.602. The van der Waals surface area contributed by atoms with Gasteiger partial charge in [0.25, 0.3) is 5.91 Å². The van der Waals surface area contributed by atoms with Crippen LogP contribution < -0.4 is 10.6 Å². The molecule has 1 aromatic carbocycles. The lowest BCUT2D eigenvalue weighted by molar-refractivity contribution is 0.0948. The lowest BCUT2D eigenvalue weighted by Crippen LogP contribution is -2.31. The van der Waals surface area contributed by atoms with Crippen molar-refractivity contribution in [2.75, 3.05) is 38.5 Å². The first-order chi connectivity index (χ1) is 9.24. The number of benzene rings is 1. The van der Waals surface area contributed by atoms with Gasteiger partial charge in [-0.25, -0.2) is 0 Å². The van der Waals surface area contributed by atoms with Gasteiger partial charge in [0.05, 0.1) is 5.56 Å². The third-order valence-corrected chi connectivity index (χ3v) is 3.81. The number of para-hydroxylation sites is 1. The van der Waals surface area contributed by atoms with Crippen molar-refractivity contribution in [1.82, 2.24) is 10.2 Å². The molecule has 1 amide bonds. The highest BCUT2D eigenvalue weighted by atomic mass is 16.1. The van der Waals surface area contributed by atoms with Crippen LogP contribution >= 0.6 is 0 Å². The summed E-state index contributed by atoms with van der Waals surface area (Å²) in [6.45, 7) is 6.32. The van der Waals surface area contributed by atoms with E-state index in [0.717, 1.165) is 37.4 Å². The third-order valence-electron chi connectivity index (χ3n) is 3.81. The van der Waals surface area contributed by atoms with Gasteiger partial charge in [-0.1, -0.05) is 19.1 Å². The quantitative estimate of drug-likeness (QED) is 0.849. The van der Waals surface area contributed by atoms with Crippen LogP contribution in [0.2, 0.25) is 0 Å². The maximum absolute atomic E-state index is 12.2. The number of hydrogen-bond acceptors (Lipinski definition) is 3. The molecule has 4 heteroatoms. The topological polar surface area (TPSA) is 44.4 Å². The summed E-state index contributed by atoms with van der Waals surface area (Å²) in [4.78, 5) is 14.6. The van der Waals surface area contributed by atoms with Crippen molar-refractivity contribution >= 4 is 11.6 Å². The number of nitrogens with one attached hydrogen (secondary N) is 2. The number of amides is 1. The second kappa shape index (κ2) is 6.57.